The average Bonchev–Trinajstić information content (AvgIpc) is 2.60. The molecule has 0 aromatic heterocycles. The molecule has 0 aliphatic heterocycles. The van der Waals surface area contributed by atoms with Crippen LogP contribution in [0.25, 0.3) is 11.6 Å². The normalized spacial score (nSPS) is 11.9. The molecule has 0 saturated carbocycles. The van der Waals surface area contributed by atoms with Gasteiger partial charge in [0.1, 0.15) is 0 Å². The third-order valence-electron chi connectivity index (χ3n) is 3.83. The molecule has 0 saturated heterocycles. The summed E-state index contributed by atoms with van der Waals surface area (Å²) in [5, 5.41) is 9.52. The Labute approximate surface area is 188 Å². The average molecular weight is 410 g/mol. The third-order valence-corrected chi connectivity index (χ3v) is 3.83. The maximum absolute atomic E-state index is 9.52. The highest BCUT2D eigenvalue weighted by atomic mass is 14.3. The predicted octanol–water partition coefficient (Wildman–Crippen LogP) is 9.64. The minimum Gasteiger partial charge on any atom is -0.192 e. The molecule has 0 unspecified atom stereocenters. The van der Waals surface area contributed by atoms with Gasteiger partial charge in [-0.2, -0.15) is 5.26 Å². The van der Waals surface area contributed by atoms with E-state index >= 15 is 0 Å². The van der Waals surface area contributed by atoms with Gasteiger partial charge in [0, 0.05) is 0 Å². The van der Waals surface area contributed by atoms with Gasteiger partial charge in [-0.25, -0.2) is 0 Å². The van der Waals surface area contributed by atoms with E-state index in [9.17, 15) is 5.26 Å². The van der Waals surface area contributed by atoms with Crippen molar-refractivity contribution in [1.29, 1.82) is 5.26 Å². The molecule has 1 nitrogen and oxygen atoms in total. The maximum Gasteiger partial charge on any atom is 0.0994 e. The van der Waals surface area contributed by atoms with Crippen LogP contribution in [0, 0.1) is 35.5 Å². The fraction of sp³-hybridized carbons (Fsp3) is 0.552. The first kappa shape index (κ1) is 30.1. The van der Waals surface area contributed by atoms with E-state index in [0.29, 0.717) is 11.5 Å². The van der Waals surface area contributed by atoms with Gasteiger partial charge < -0.3 is 0 Å². The summed E-state index contributed by atoms with van der Waals surface area (Å²) in [5.41, 5.74) is 6.54. The van der Waals surface area contributed by atoms with Crippen LogP contribution in [-0.4, -0.2) is 0 Å². The molecule has 0 aliphatic carbocycles. The predicted molar refractivity (Wildman–Crippen MR) is 138 cm³/mol. The molecule has 0 spiro atoms. The fourth-order valence-electron chi connectivity index (χ4n) is 2.86. The van der Waals surface area contributed by atoms with Crippen LogP contribution < -0.4 is 0 Å². The van der Waals surface area contributed by atoms with Gasteiger partial charge in [0.25, 0.3) is 0 Å². The number of allylic oxidation sites excluding steroid dienone is 4. The molecule has 0 fully saturated rings. The van der Waals surface area contributed by atoms with Crippen molar-refractivity contribution >= 4 is 11.6 Å². The van der Waals surface area contributed by atoms with Crippen molar-refractivity contribution in [3.63, 3.8) is 0 Å². The van der Waals surface area contributed by atoms with E-state index < -0.39 is 0 Å². The van der Waals surface area contributed by atoms with Crippen molar-refractivity contribution in [3.05, 3.63) is 58.7 Å². The lowest BCUT2D eigenvalue weighted by Gasteiger charge is -2.19. The van der Waals surface area contributed by atoms with Crippen molar-refractivity contribution in [2.24, 2.45) is 17.3 Å². The molecule has 30 heavy (non-hydrogen) atoms. The van der Waals surface area contributed by atoms with Crippen molar-refractivity contribution in [3.8, 4) is 6.07 Å². The monoisotopic (exact) mass is 409 g/mol. The Morgan fingerprint density at radius 3 is 2.00 bits per heavy atom. The Bertz CT molecular complexity index is 741. The zero-order valence-corrected chi connectivity index (χ0v) is 21.9. The Kier molecular flexibility index (Phi) is 14.9. The second-order valence-electron chi connectivity index (χ2n) is 9.91. The number of benzene rings is 1. The Morgan fingerprint density at radius 1 is 1.10 bits per heavy atom. The second-order valence-corrected chi connectivity index (χ2v) is 9.91. The van der Waals surface area contributed by atoms with Crippen LogP contribution in [0.2, 0.25) is 0 Å². The Morgan fingerprint density at radius 2 is 1.60 bits per heavy atom. The smallest absolute Gasteiger partial charge is 0.0994 e. The van der Waals surface area contributed by atoms with Crippen molar-refractivity contribution < 1.29 is 0 Å². The molecule has 0 bridgehead atoms. The van der Waals surface area contributed by atoms with Crippen molar-refractivity contribution in [1.82, 2.24) is 0 Å². The lowest BCUT2D eigenvalue weighted by Crippen LogP contribution is -2.06. The quantitative estimate of drug-likeness (QED) is 0.350. The molecule has 0 aliphatic rings. The van der Waals surface area contributed by atoms with Gasteiger partial charge in [-0.3, -0.25) is 0 Å². The molecular formula is C29H47N. The molecule has 1 aromatic carbocycles. The summed E-state index contributed by atoms with van der Waals surface area (Å²) in [6, 6.07) is 8.69. The van der Waals surface area contributed by atoms with E-state index in [1.807, 2.05) is 19.9 Å². The fourth-order valence-corrected chi connectivity index (χ4v) is 2.86. The molecule has 0 amide bonds. The first-order valence-corrected chi connectivity index (χ1v) is 11.4. The largest absolute Gasteiger partial charge is 0.192 e. The molecule has 0 radical (unpaired) electrons. The van der Waals surface area contributed by atoms with Gasteiger partial charge in [-0.05, 0) is 77.5 Å². The maximum atomic E-state index is 9.52. The summed E-state index contributed by atoms with van der Waals surface area (Å²) in [7, 11) is 0. The highest BCUT2D eigenvalue weighted by Gasteiger charge is 2.14. The van der Waals surface area contributed by atoms with Gasteiger partial charge in [0.15, 0.2) is 0 Å². The van der Waals surface area contributed by atoms with Crippen LogP contribution in [0.4, 0.5) is 0 Å². The first-order valence-electron chi connectivity index (χ1n) is 11.4. The lowest BCUT2D eigenvalue weighted by molar-refractivity contribution is 0.413. The van der Waals surface area contributed by atoms with E-state index in [1.54, 1.807) is 0 Å². The first-order chi connectivity index (χ1) is 13.8. The molecule has 1 aromatic rings. The number of aryl methyl sites for hydroxylation is 1. The number of hydrogen-bond acceptors (Lipinski definition) is 1. The van der Waals surface area contributed by atoms with Crippen LogP contribution in [0.5, 0.6) is 0 Å². The topological polar surface area (TPSA) is 23.8 Å². The summed E-state index contributed by atoms with van der Waals surface area (Å²) in [6.07, 6.45) is 5.05. The molecule has 0 N–H and O–H groups in total. The van der Waals surface area contributed by atoms with E-state index in [1.165, 1.54) is 16.7 Å². The van der Waals surface area contributed by atoms with E-state index in [0.717, 1.165) is 23.5 Å². The lowest BCUT2D eigenvalue weighted by atomic mass is 9.85. The summed E-state index contributed by atoms with van der Waals surface area (Å²) in [5.74, 6) is 1.35. The van der Waals surface area contributed by atoms with E-state index in [2.05, 4.69) is 106 Å². The minimum atomic E-state index is 0.127. The third kappa shape index (κ3) is 14.0. The van der Waals surface area contributed by atoms with Gasteiger partial charge in [-0.1, -0.05) is 94.0 Å². The molecule has 1 heteroatoms. The Balaban J connectivity index is 0. The number of nitrogens with zero attached hydrogens (tertiary/aromatic N) is 1. The molecular weight excluding hydrogens is 362 g/mol. The summed E-state index contributed by atoms with van der Waals surface area (Å²) in [6.45, 7) is 29.8. The molecule has 0 atom stereocenters. The van der Waals surface area contributed by atoms with Crippen LogP contribution in [0.3, 0.4) is 0 Å². The summed E-state index contributed by atoms with van der Waals surface area (Å²) < 4.78 is 0. The van der Waals surface area contributed by atoms with Crippen molar-refractivity contribution in [2.45, 2.75) is 89.5 Å². The van der Waals surface area contributed by atoms with Gasteiger partial charge in [-0.15, -0.1) is 0 Å². The summed E-state index contributed by atoms with van der Waals surface area (Å²) >= 11 is 0. The standard InChI is InChI=1S/C23H31N.C4H10.C2H6/c1-16(2)11-18(4)22-13-20(10-9-17(22)3)12-21(15-24)19(5)14-23(6,7)8;1-4(2)3;1-2/h9-13,16H,5,14H2,1-4,6-8H3;4H,1-3H3;1-2H3/b18-11-,21-12+;;. The zero-order chi connectivity index (χ0) is 24.1. The van der Waals surface area contributed by atoms with E-state index in [4.69, 9.17) is 0 Å². The Hall–Kier alpha value is -2.07. The van der Waals surface area contributed by atoms with Crippen LogP contribution in [-0.2, 0) is 0 Å². The SMILES string of the molecule is C=C(CC(C)(C)C)/C(C#N)=C/c1ccc(C)c(/C(C)=C\C(C)C)c1.CC.CC(C)C. The second kappa shape index (κ2) is 14.8. The van der Waals surface area contributed by atoms with Crippen LogP contribution >= 0.6 is 0 Å². The van der Waals surface area contributed by atoms with Crippen LogP contribution in [0.1, 0.15) is 99.3 Å². The highest BCUT2D eigenvalue weighted by molar-refractivity contribution is 5.71. The molecule has 168 valence electrons. The number of hydrogen-bond donors (Lipinski definition) is 0. The molecule has 0 heterocycles. The van der Waals surface area contributed by atoms with Crippen molar-refractivity contribution in [2.75, 3.05) is 0 Å². The number of nitriles is 1. The zero-order valence-electron chi connectivity index (χ0n) is 21.9. The van der Waals surface area contributed by atoms with Gasteiger partial charge in [0.2, 0.25) is 0 Å². The van der Waals surface area contributed by atoms with E-state index in [-0.39, 0.29) is 5.41 Å². The van der Waals surface area contributed by atoms with Crippen LogP contribution in [0.15, 0.2) is 42.0 Å². The minimum absolute atomic E-state index is 0.127. The molecule has 1 rings (SSSR count). The number of rotatable bonds is 5. The van der Waals surface area contributed by atoms with Gasteiger partial charge in [0.05, 0.1) is 11.6 Å². The summed E-state index contributed by atoms with van der Waals surface area (Å²) in [4.78, 5) is 0. The van der Waals surface area contributed by atoms with Gasteiger partial charge >= 0.3 is 0 Å². The highest BCUT2D eigenvalue weighted by Crippen LogP contribution is 2.29.